The molecule has 1 aromatic carbocycles. The molecule has 2 N–H and O–H groups in total. The number of carbonyl (C=O) groups excluding carboxylic acids is 1. The van der Waals surface area contributed by atoms with Crippen LogP contribution in [0.5, 0.6) is 5.75 Å². The van der Waals surface area contributed by atoms with Gasteiger partial charge in [-0.3, -0.25) is 9.89 Å². The van der Waals surface area contributed by atoms with Crippen molar-refractivity contribution in [3.05, 3.63) is 36.4 Å². The van der Waals surface area contributed by atoms with Crippen LogP contribution in [0, 0.1) is 11.3 Å². The van der Waals surface area contributed by atoms with Gasteiger partial charge in [0, 0.05) is 18.2 Å². The number of hydrogen-bond acceptors (Lipinski definition) is 5. The summed E-state index contributed by atoms with van der Waals surface area (Å²) in [4.78, 5) is 15.5. The molecular formula is C13H13N5O2. The van der Waals surface area contributed by atoms with E-state index in [-0.39, 0.29) is 11.7 Å². The molecule has 1 amide bonds. The molecule has 0 radical (unpaired) electrons. The van der Waals surface area contributed by atoms with Gasteiger partial charge in [-0.15, -0.1) is 0 Å². The molecule has 0 aliphatic rings. The number of nitriles is 1. The van der Waals surface area contributed by atoms with Crippen molar-refractivity contribution in [2.24, 2.45) is 0 Å². The third kappa shape index (κ3) is 3.81. The zero-order valence-corrected chi connectivity index (χ0v) is 10.7. The Balaban J connectivity index is 1.92. The van der Waals surface area contributed by atoms with E-state index < -0.39 is 0 Å². The van der Waals surface area contributed by atoms with Crippen molar-refractivity contribution in [1.82, 2.24) is 15.2 Å². The maximum Gasteiger partial charge on any atom is 0.292 e. The fraction of sp³-hybridized carbons (Fsp3) is 0.231. The van der Waals surface area contributed by atoms with Gasteiger partial charge < -0.3 is 10.1 Å². The molecule has 1 aromatic heterocycles. The number of amides is 1. The maximum atomic E-state index is 11.8. The highest BCUT2D eigenvalue weighted by molar-refractivity contribution is 6.01. The van der Waals surface area contributed by atoms with E-state index in [1.54, 1.807) is 24.3 Å². The molecule has 0 saturated heterocycles. The lowest BCUT2D eigenvalue weighted by atomic mass is 10.3. The van der Waals surface area contributed by atoms with Gasteiger partial charge in [0.05, 0.1) is 12.7 Å². The normalized spacial score (nSPS) is 9.75. The van der Waals surface area contributed by atoms with Crippen molar-refractivity contribution >= 4 is 11.6 Å². The van der Waals surface area contributed by atoms with Gasteiger partial charge in [-0.05, 0) is 18.6 Å². The molecule has 0 atom stereocenters. The molecule has 2 aromatic rings. The molecule has 102 valence electrons. The smallest absolute Gasteiger partial charge is 0.292 e. The van der Waals surface area contributed by atoms with Crippen LogP contribution in [0.25, 0.3) is 0 Å². The molecule has 7 nitrogen and oxygen atoms in total. The number of carbonyl (C=O) groups is 1. The van der Waals surface area contributed by atoms with Crippen molar-refractivity contribution in [3.8, 4) is 11.8 Å². The second-order valence-corrected chi connectivity index (χ2v) is 3.93. The Hall–Kier alpha value is -2.88. The van der Waals surface area contributed by atoms with Gasteiger partial charge in [-0.2, -0.15) is 10.4 Å². The Labute approximate surface area is 115 Å². The van der Waals surface area contributed by atoms with Crippen LogP contribution < -0.4 is 10.1 Å². The summed E-state index contributed by atoms with van der Waals surface area (Å²) in [6.07, 6.45) is 2.40. The van der Waals surface area contributed by atoms with Gasteiger partial charge in [0.25, 0.3) is 5.91 Å². The Kier molecular flexibility index (Phi) is 4.67. The molecular weight excluding hydrogens is 258 g/mol. The third-order valence-electron chi connectivity index (χ3n) is 2.42. The topological polar surface area (TPSA) is 104 Å². The second-order valence-electron chi connectivity index (χ2n) is 3.93. The van der Waals surface area contributed by atoms with Crippen molar-refractivity contribution in [1.29, 1.82) is 5.26 Å². The minimum atomic E-state index is -0.371. The summed E-state index contributed by atoms with van der Waals surface area (Å²) in [5, 5.41) is 17.2. The molecule has 0 spiro atoms. The third-order valence-corrected chi connectivity index (χ3v) is 2.42. The number of H-pyrrole nitrogens is 1. The molecule has 0 aliphatic heterocycles. The molecule has 0 fully saturated rings. The number of rotatable bonds is 6. The first-order valence-electron chi connectivity index (χ1n) is 6.06. The maximum absolute atomic E-state index is 11.8. The summed E-state index contributed by atoms with van der Waals surface area (Å²) in [6.45, 7) is 0.465. The molecule has 0 saturated carbocycles. The first kappa shape index (κ1) is 13.5. The highest BCUT2D eigenvalue weighted by Gasteiger charge is 2.09. The van der Waals surface area contributed by atoms with E-state index in [9.17, 15) is 4.79 Å². The Bertz CT molecular complexity index is 603. The molecule has 0 aliphatic carbocycles. The van der Waals surface area contributed by atoms with Gasteiger partial charge in [-0.25, -0.2) is 4.98 Å². The average Bonchev–Trinajstić information content (AvgIpc) is 2.98. The second kappa shape index (κ2) is 6.89. The summed E-state index contributed by atoms with van der Waals surface area (Å²) in [6, 6.07) is 9.07. The highest BCUT2D eigenvalue weighted by Crippen LogP contribution is 2.18. The van der Waals surface area contributed by atoms with Crippen LogP contribution in [-0.2, 0) is 0 Å². The van der Waals surface area contributed by atoms with E-state index in [4.69, 9.17) is 10.00 Å². The molecule has 1 heterocycles. The predicted octanol–water partition coefficient (Wildman–Crippen LogP) is 1.74. The van der Waals surface area contributed by atoms with Gasteiger partial charge in [0.15, 0.2) is 0 Å². The van der Waals surface area contributed by atoms with Gasteiger partial charge in [0.2, 0.25) is 5.82 Å². The molecule has 0 bridgehead atoms. The average molecular weight is 271 g/mol. The minimum absolute atomic E-state index is 0.144. The first-order chi connectivity index (χ1) is 9.79. The summed E-state index contributed by atoms with van der Waals surface area (Å²) >= 11 is 0. The lowest BCUT2D eigenvalue weighted by Crippen LogP contribution is -2.13. The SMILES string of the molecule is N#CCCCOc1cccc(NC(=O)c2ncn[nH]2)c1. The zero-order valence-electron chi connectivity index (χ0n) is 10.7. The lowest BCUT2D eigenvalue weighted by Gasteiger charge is -2.07. The number of nitrogens with one attached hydrogen (secondary N) is 2. The number of anilines is 1. The molecule has 7 heteroatoms. The largest absolute Gasteiger partial charge is 0.493 e. The van der Waals surface area contributed by atoms with Crippen LogP contribution in [-0.4, -0.2) is 27.7 Å². The minimum Gasteiger partial charge on any atom is -0.493 e. The van der Waals surface area contributed by atoms with E-state index in [1.165, 1.54) is 6.33 Å². The van der Waals surface area contributed by atoms with Crippen molar-refractivity contribution in [3.63, 3.8) is 0 Å². The fourth-order valence-corrected chi connectivity index (χ4v) is 1.51. The molecule has 0 unspecified atom stereocenters. The standard InChI is InChI=1S/C13H13N5O2/c14-6-1-2-7-20-11-5-3-4-10(8-11)17-13(19)12-15-9-16-18-12/h3-5,8-9H,1-2,7H2,(H,17,19)(H,15,16,18). The van der Waals surface area contributed by atoms with Crippen molar-refractivity contribution in [2.45, 2.75) is 12.8 Å². The van der Waals surface area contributed by atoms with Crippen LogP contribution in [0.1, 0.15) is 23.5 Å². The van der Waals surface area contributed by atoms with Crippen LogP contribution in [0.15, 0.2) is 30.6 Å². The zero-order chi connectivity index (χ0) is 14.2. The van der Waals surface area contributed by atoms with Gasteiger partial charge in [0.1, 0.15) is 12.1 Å². The Morgan fingerprint density at radius 3 is 3.15 bits per heavy atom. The summed E-state index contributed by atoms with van der Waals surface area (Å²) in [5.74, 6) is 0.410. The number of aromatic nitrogens is 3. The van der Waals surface area contributed by atoms with Crippen LogP contribution in [0.4, 0.5) is 5.69 Å². The number of benzene rings is 1. The van der Waals surface area contributed by atoms with Crippen LogP contribution in [0.3, 0.4) is 0 Å². The summed E-state index contributed by atoms with van der Waals surface area (Å²) in [7, 11) is 0. The number of nitrogens with zero attached hydrogens (tertiary/aromatic N) is 3. The van der Waals surface area contributed by atoms with Crippen molar-refractivity contribution in [2.75, 3.05) is 11.9 Å². The Morgan fingerprint density at radius 2 is 2.40 bits per heavy atom. The van der Waals surface area contributed by atoms with E-state index in [1.807, 2.05) is 0 Å². The van der Waals surface area contributed by atoms with E-state index in [0.29, 0.717) is 30.9 Å². The van der Waals surface area contributed by atoms with Crippen molar-refractivity contribution < 1.29 is 9.53 Å². The van der Waals surface area contributed by atoms with Gasteiger partial charge in [-0.1, -0.05) is 6.07 Å². The number of hydrogen-bond donors (Lipinski definition) is 2. The van der Waals surface area contributed by atoms with Crippen LogP contribution >= 0.6 is 0 Å². The lowest BCUT2D eigenvalue weighted by molar-refractivity contribution is 0.101. The first-order valence-corrected chi connectivity index (χ1v) is 6.06. The molecule has 20 heavy (non-hydrogen) atoms. The Morgan fingerprint density at radius 1 is 1.50 bits per heavy atom. The van der Waals surface area contributed by atoms with E-state index in [0.717, 1.165) is 0 Å². The summed E-state index contributed by atoms with van der Waals surface area (Å²) < 4.78 is 5.48. The van der Waals surface area contributed by atoms with E-state index >= 15 is 0 Å². The summed E-state index contributed by atoms with van der Waals surface area (Å²) in [5.41, 5.74) is 0.601. The highest BCUT2D eigenvalue weighted by atomic mass is 16.5. The number of unbranched alkanes of at least 4 members (excludes halogenated alkanes) is 1. The number of aromatic amines is 1. The van der Waals surface area contributed by atoms with E-state index in [2.05, 4.69) is 26.6 Å². The van der Waals surface area contributed by atoms with Gasteiger partial charge >= 0.3 is 0 Å². The predicted molar refractivity (Wildman–Crippen MR) is 71.1 cm³/mol. The fourth-order valence-electron chi connectivity index (χ4n) is 1.51. The van der Waals surface area contributed by atoms with Crippen LogP contribution in [0.2, 0.25) is 0 Å². The quantitative estimate of drug-likeness (QED) is 0.779. The number of ether oxygens (including phenoxy) is 1. The monoisotopic (exact) mass is 271 g/mol. The molecule has 2 rings (SSSR count).